The van der Waals surface area contributed by atoms with Gasteiger partial charge in [0.25, 0.3) is 5.91 Å². The maximum Gasteiger partial charge on any atom is 0.327 e. The Balaban J connectivity index is 1.90. The van der Waals surface area contributed by atoms with Crippen LogP contribution < -0.4 is 4.74 Å². The second kappa shape index (κ2) is 6.85. The lowest BCUT2D eigenvalue weighted by Gasteiger charge is -2.20. The van der Waals surface area contributed by atoms with E-state index in [1.807, 2.05) is 24.3 Å². The van der Waals surface area contributed by atoms with Gasteiger partial charge in [0.15, 0.2) is 6.61 Å². The van der Waals surface area contributed by atoms with Crippen molar-refractivity contribution in [2.45, 2.75) is 25.8 Å². The summed E-state index contributed by atoms with van der Waals surface area (Å²) in [6, 6.07) is 6.85. The first-order valence-electron chi connectivity index (χ1n) is 6.82. The van der Waals surface area contributed by atoms with E-state index in [0.29, 0.717) is 23.3 Å². The minimum absolute atomic E-state index is 0.134. The molecule has 1 aliphatic rings. The first-order valence-corrected chi connectivity index (χ1v) is 7.97. The Labute approximate surface area is 128 Å². The normalized spacial score (nSPS) is 18.0. The summed E-state index contributed by atoms with van der Waals surface area (Å²) < 4.78 is 5.45. The van der Waals surface area contributed by atoms with Gasteiger partial charge < -0.3 is 14.7 Å². The van der Waals surface area contributed by atoms with Crippen molar-refractivity contribution in [1.82, 2.24) is 4.90 Å². The highest BCUT2D eigenvalue weighted by molar-refractivity contribution is 7.99. The van der Waals surface area contributed by atoms with Crippen molar-refractivity contribution in [1.29, 1.82) is 0 Å². The van der Waals surface area contributed by atoms with E-state index in [2.05, 4.69) is 13.8 Å². The van der Waals surface area contributed by atoms with Crippen LogP contribution >= 0.6 is 11.8 Å². The van der Waals surface area contributed by atoms with Gasteiger partial charge in [-0.1, -0.05) is 26.0 Å². The van der Waals surface area contributed by atoms with Gasteiger partial charge in [-0.15, -0.1) is 11.8 Å². The van der Waals surface area contributed by atoms with Crippen LogP contribution in [0.1, 0.15) is 25.3 Å². The molecular formula is C15H19NO4S. The summed E-state index contributed by atoms with van der Waals surface area (Å²) in [6.07, 6.45) is 0. The van der Waals surface area contributed by atoms with E-state index >= 15 is 0 Å². The number of carboxylic acids is 1. The van der Waals surface area contributed by atoms with E-state index in [9.17, 15) is 9.59 Å². The van der Waals surface area contributed by atoms with Gasteiger partial charge in [-0.2, -0.15) is 0 Å². The zero-order valence-electron chi connectivity index (χ0n) is 12.1. The van der Waals surface area contributed by atoms with Gasteiger partial charge in [0.05, 0.1) is 5.88 Å². The summed E-state index contributed by atoms with van der Waals surface area (Å²) in [4.78, 5) is 24.4. The number of carboxylic acid groups (broad SMARTS) is 1. The highest BCUT2D eigenvalue weighted by Crippen LogP contribution is 2.22. The summed E-state index contributed by atoms with van der Waals surface area (Å²) in [5.41, 5.74) is 1.20. The van der Waals surface area contributed by atoms with Crippen LogP contribution in [0.5, 0.6) is 5.75 Å². The molecular weight excluding hydrogens is 290 g/mol. The summed E-state index contributed by atoms with van der Waals surface area (Å²) >= 11 is 1.44. The molecule has 0 saturated carbocycles. The largest absolute Gasteiger partial charge is 0.484 e. The lowest BCUT2D eigenvalue weighted by Crippen LogP contribution is -2.43. The number of rotatable bonds is 5. The number of carbonyl (C=O) groups is 2. The summed E-state index contributed by atoms with van der Waals surface area (Å²) in [7, 11) is 0. The monoisotopic (exact) mass is 309 g/mol. The topological polar surface area (TPSA) is 66.8 Å². The molecule has 1 aliphatic heterocycles. The predicted octanol–water partition coefficient (Wildman–Crippen LogP) is 2.17. The predicted molar refractivity (Wildman–Crippen MR) is 81.6 cm³/mol. The Bertz CT molecular complexity index is 515. The Morgan fingerprint density at radius 3 is 2.62 bits per heavy atom. The quantitative estimate of drug-likeness (QED) is 0.903. The van der Waals surface area contributed by atoms with E-state index < -0.39 is 12.0 Å². The van der Waals surface area contributed by atoms with E-state index in [1.165, 1.54) is 22.2 Å². The Kier molecular flexibility index (Phi) is 5.12. The molecule has 1 N–H and O–H groups in total. The van der Waals surface area contributed by atoms with Gasteiger partial charge in [0, 0.05) is 5.75 Å². The van der Waals surface area contributed by atoms with Crippen molar-refractivity contribution >= 4 is 23.6 Å². The van der Waals surface area contributed by atoms with Gasteiger partial charge in [0.1, 0.15) is 11.8 Å². The number of aliphatic carboxylic acids is 1. The lowest BCUT2D eigenvalue weighted by molar-refractivity contribution is -0.148. The summed E-state index contributed by atoms with van der Waals surface area (Å²) in [5, 5.41) is 9.05. The second-order valence-electron chi connectivity index (χ2n) is 5.23. The Morgan fingerprint density at radius 2 is 2.05 bits per heavy atom. The number of hydrogen-bond donors (Lipinski definition) is 1. The number of hydrogen-bond acceptors (Lipinski definition) is 4. The number of benzene rings is 1. The fourth-order valence-electron chi connectivity index (χ4n) is 2.07. The Hall–Kier alpha value is -1.69. The smallest absolute Gasteiger partial charge is 0.327 e. The molecule has 1 saturated heterocycles. The lowest BCUT2D eigenvalue weighted by atomic mass is 10.0. The fourth-order valence-corrected chi connectivity index (χ4v) is 3.24. The van der Waals surface area contributed by atoms with Crippen molar-refractivity contribution in [2.24, 2.45) is 0 Å². The van der Waals surface area contributed by atoms with Crippen LogP contribution in [0.15, 0.2) is 24.3 Å². The number of thioether (sulfide) groups is 1. The van der Waals surface area contributed by atoms with E-state index in [4.69, 9.17) is 9.84 Å². The molecule has 21 heavy (non-hydrogen) atoms. The molecule has 1 aromatic carbocycles. The van der Waals surface area contributed by atoms with Gasteiger partial charge in [0.2, 0.25) is 0 Å². The minimum Gasteiger partial charge on any atom is -0.484 e. The molecule has 6 heteroatoms. The molecule has 114 valence electrons. The van der Waals surface area contributed by atoms with Crippen molar-refractivity contribution < 1.29 is 19.4 Å². The van der Waals surface area contributed by atoms with E-state index in [1.54, 1.807) is 0 Å². The molecule has 0 bridgehead atoms. The standard InChI is InChI=1S/C15H19NO4S/c1-10(2)11-3-5-12(6-4-11)20-7-14(17)16-9-21-8-13(16)15(18)19/h3-6,10,13H,7-9H2,1-2H3,(H,18,19). The Morgan fingerprint density at radius 1 is 1.38 bits per heavy atom. The van der Waals surface area contributed by atoms with Crippen LogP contribution in [0.25, 0.3) is 0 Å². The van der Waals surface area contributed by atoms with Crippen LogP contribution in [0.3, 0.4) is 0 Å². The van der Waals surface area contributed by atoms with E-state index in [-0.39, 0.29) is 12.5 Å². The molecule has 1 amide bonds. The van der Waals surface area contributed by atoms with Crippen molar-refractivity contribution in [2.75, 3.05) is 18.2 Å². The van der Waals surface area contributed by atoms with Crippen LogP contribution in [-0.4, -0.2) is 46.2 Å². The number of nitrogens with zero attached hydrogens (tertiary/aromatic N) is 1. The molecule has 1 unspecified atom stereocenters. The molecule has 1 atom stereocenters. The third-order valence-corrected chi connectivity index (χ3v) is 4.41. The molecule has 1 fully saturated rings. The molecule has 2 rings (SSSR count). The highest BCUT2D eigenvalue weighted by atomic mass is 32.2. The van der Waals surface area contributed by atoms with Gasteiger partial charge in [-0.05, 0) is 23.6 Å². The first kappa shape index (κ1) is 15.7. The third-order valence-electron chi connectivity index (χ3n) is 3.40. The maximum atomic E-state index is 12.0. The van der Waals surface area contributed by atoms with Gasteiger partial charge >= 0.3 is 5.97 Å². The van der Waals surface area contributed by atoms with Crippen LogP contribution in [-0.2, 0) is 9.59 Å². The van der Waals surface area contributed by atoms with Crippen LogP contribution in [0.2, 0.25) is 0 Å². The SMILES string of the molecule is CC(C)c1ccc(OCC(=O)N2CSCC2C(=O)O)cc1. The number of amides is 1. The van der Waals surface area contributed by atoms with Gasteiger partial charge in [-0.25, -0.2) is 4.79 Å². The van der Waals surface area contributed by atoms with Gasteiger partial charge in [-0.3, -0.25) is 4.79 Å². The number of carbonyl (C=O) groups excluding carboxylic acids is 1. The average Bonchev–Trinajstić information content (AvgIpc) is 2.95. The first-order chi connectivity index (χ1) is 9.99. The summed E-state index contributed by atoms with van der Waals surface area (Å²) in [6.45, 7) is 4.08. The fraction of sp³-hybridized carbons (Fsp3) is 0.467. The average molecular weight is 309 g/mol. The van der Waals surface area contributed by atoms with Crippen LogP contribution in [0, 0.1) is 0 Å². The van der Waals surface area contributed by atoms with Crippen molar-refractivity contribution in [3.05, 3.63) is 29.8 Å². The molecule has 0 aliphatic carbocycles. The summed E-state index contributed by atoms with van der Waals surface area (Å²) in [5.74, 6) is 0.648. The zero-order valence-corrected chi connectivity index (χ0v) is 12.9. The van der Waals surface area contributed by atoms with Crippen molar-refractivity contribution in [3.8, 4) is 5.75 Å². The third kappa shape index (κ3) is 3.91. The molecule has 0 radical (unpaired) electrons. The highest BCUT2D eigenvalue weighted by Gasteiger charge is 2.34. The molecule has 5 nitrogen and oxygen atoms in total. The maximum absolute atomic E-state index is 12.0. The second-order valence-corrected chi connectivity index (χ2v) is 6.23. The number of ether oxygens (including phenoxy) is 1. The molecule has 0 aromatic heterocycles. The molecule has 1 heterocycles. The molecule has 1 aromatic rings. The van der Waals surface area contributed by atoms with Crippen LogP contribution in [0.4, 0.5) is 0 Å². The van der Waals surface area contributed by atoms with E-state index in [0.717, 1.165) is 0 Å². The zero-order chi connectivity index (χ0) is 15.4. The minimum atomic E-state index is -0.963. The molecule has 0 spiro atoms. The van der Waals surface area contributed by atoms with Crippen molar-refractivity contribution in [3.63, 3.8) is 0 Å².